The lowest BCUT2D eigenvalue weighted by Crippen LogP contribution is -2.09. The van der Waals surface area contributed by atoms with Crippen LogP contribution in [0, 0.1) is 10.9 Å². The Balaban J connectivity index is 2.20. The van der Waals surface area contributed by atoms with Crippen molar-refractivity contribution in [3.05, 3.63) is 10.9 Å². The molecule has 10 heavy (non-hydrogen) atoms. The van der Waals surface area contributed by atoms with Crippen LogP contribution in [0.1, 0.15) is 25.7 Å². The third-order valence-corrected chi connectivity index (χ3v) is 1.85. The van der Waals surface area contributed by atoms with Gasteiger partial charge in [-0.3, -0.25) is 0 Å². The highest BCUT2D eigenvalue weighted by molar-refractivity contribution is 4.80. The van der Waals surface area contributed by atoms with E-state index in [-0.39, 0.29) is 0 Å². The molecule has 1 aliphatic rings. The van der Waals surface area contributed by atoms with Crippen LogP contribution in [0.15, 0.2) is 0 Å². The molecular formula is C7H14N2O+. The Morgan fingerprint density at radius 3 is 2.90 bits per heavy atom. The van der Waals surface area contributed by atoms with E-state index in [1.807, 2.05) is 0 Å². The number of hydrogen-bond donors (Lipinski definition) is 1. The van der Waals surface area contributed by atoms with Crippen molar-refractivity contribution in [3.63, 3.8) is 0 Å². The molecule has 3 nitrogen and oxygen atoms in total. The molecule has 0 aromatic carbocycles. The Bertz CT molecular complexity index is 125. The fraction of sp³-hybridized carbons (Fsp3) is 0.857. The van der Waals surface area contributed by atoms with Gasteiger partial charge in [0.15, 0.2) is 6.54 Å². The summed E-state index contributed by atoms with van der Waals surface area (Å²) in [5, 5.41) is 0. The van der Waals surface area contributed by atoms with Crippen molar-refractivity contribution < 1.29 is 4.76 Å². The van der Waals surface area contributed by atoms with Crippen molar-refractivity contribution in [2.75, 3.05) is 13.1 Å². The van der Waals surface area contributed by atoms with Crippen molar-refractivity contribution in [1.29, 1.82) is 0 Å². The van der Waals surface area contributed by atoms with Crippen LogP contribution in [-0.4, -0.2) is 17.8 Å². The van der Waals surface area contributed by atoms with Crippen LogP contribution in [0.3, 0.4) is 0 Å². The van der Waals surface area contributed by atoms with Gasteiger partial charge in [-0.25, -0.2) is 0 Å². The molecule has 1 rings (SSSR count). The summed E-state index contributed by atoms with van der Waals surface area (Å²) in [5.41, 5.74) is 5.32. The molecule has 0 bridgehead atoms. The van der Waals surface area contributed by atoms with Crippen molar-refractivity contribution >= 4 is 0 Å². The Hall–Kier alpha value is -0.440. The van der Waals surface area contributed by atoms with Crippen molar-refractivity contribution in [1.82, 2.24) is 0 Å². The van der Waals surface area contributed by atoms with Gasteiger partial charge in [-0.1, -0.05) is 0 Å². The molecule has 2 N–H and O–H groups in total. The standard InChI is InChI=1S/C7H14N2O/c8-5-1-3-7-4-2-6-9(7)10/h1-6,8H2/q+1. The predicted octanol–water partition coefficient (Wildman–Crippen LogP) is 0.830. The molecule has 57 valence electrons. The Morgan fingerprint density at radius 1 is 1.60 bits per heavy atom. The van der Waals surface area contributed by atoms with Gasteiger partial charge in [0.2, 0.25) is 0 Å². The first-order valence-corrected chi connectivity index (χ1v) is 3.84. The molecule has 1 heterocycles. The summed E-state index contributed by atoms with van der Waals surface area (Å²) < 4.78 is 1.12. The first-order valence-electron chi connectivity index (χ1n) is 3.84. The maximum atomic E-state index is 10.9. The SMILES string of the molecule is NCCC[C]1CCC[N+]1=O. The molecule has 0 atom stereocenters. The van der Waals surface area contributed by atoms with Gasteiger partial charge in [0.1, 0.15) is 0 Å². The second-order valence-electron chi connectivity index (χ2n) is 2.66. The third kappa shape index (κ3) is 1.77. The Morgan fingerprint density at radius 2 is 2.40 bits per heavy atom. The van der Waals surface area contributed by atoms with Crippen LogP contribution in [0.4, 0.5) is 0 Å². The molecule has 0 unspecified atom stereocenters. The van der Waals surface area contributed by atoms with Crippen LogP contribution < -0.4 is 5.73 Å². The number of rotatable bonds is 3. The monoisotopic (exact) mass is 142 g/mol. The molecular weight excluding hydrogens is 128 g/mol. The van der Waals surface area contributed by atoms with Crippen LogP contribution in [0.2, 0.25) is 0 Å². The second kappa shape index (κ2) is 3.66. The molecule has 0 aliphatic carbocycles. The summed E-state index contributed by atoms with van der Waals surface area (Å²) in [7, 11) is 0. The normalized spacial score (nSPS) is 20.3. The van der Waals surface area contributed by atoms with Gasteiger partial charge in [-0.2, -0.15) is 0 Å². The summed E-state index contributed by atoms with van der Waals surface area (Å²) in [5.74, 6) is 0. The Labute approximate surface area is 61.2 Å². The molecule has 1 radical (unpaired) electrons. The van der Waals surface area contributed by atoms with Crippen LogP contribution in [0.25, 0.3) is 0 Å². The minimum absolute atomic E-state index is 0.692. The van der Waals surface area contributed by atoms with Gasteiger partial charge in [0, 0.05) is 28.9 Å². The smallest absolute Gasteiger partial charge is 0.277 e. The number of nitrogens with two attached hydrogens (primary N) is 1. The predicted molar refractivity (Wildman–Crippen MR) is 39.3 cm³/mol. The molecule has 1 fully saturated rings. The van der Waals surface area contributed by atoms with E-state index in [0.29, 0.717) is 13.1 Å². The largest absolute Gasteiger partial charge is 0.330 e. The average Bonchev–Trinajstić information content (AvgIpc) is 2.31. The summed E-state index contributed by atoms with van der Waals surface area (Å²) in [6.45, 7) is 1.39. The van der Waals surface area contributed by atoms with E-state index in [2.05, 4.69) is 0 Å². The second-order valence-corrected chi connectivity index (χ2v) is 2.66. The van der Waals surface area contributed by atoms with E-state index in [0.717, 1.165) is 36.5 Å². The first kappa shape index (κ1) is 7.66. The maximum absolute atomic E-state index is 10.9. The minimum Gasteiger partial charge on any atom is -0.330 e. The first-order chi connectivity index (χ1) is 4.84. The van der Waals surface area contributed by atoms with Crippen LogP contribution in [-0.2, 0) is 0 Å². The average molecular weight is 142 g/mol. The molecule has 0 saturated carbocycles. The summed E-state index contributed by atoms with van der Waals surface area (Å²) in [4.78, 5) is 10.9. The van der Waals surface area contributed by atoms with E-state index >= 15 is 0 Å². The summed E-state index contributed by atoms with van der Waals surface area (Å²) >= 11 is 0. The van der Waals surface area contributed by atoms with Gasteiger partial charge < -0.3 is 5.73 Å². The van der Waals surface area contributed by atoms with E-state index < -0.39 is 0 Å². The van der Waals surface area contributed by atoms with E-state index in [9.17, 15) is 4.91 Å². The number of nitroso groups, excluding NO2 is 1. The van der Waals surface area contributed by atoms with E-state index in [1.54, 1.807) is 0 Å². The van der Waals surface area contributed by atoms with Crippen LogP contribution in [0.5, 0.6) is 0 Å². The fourth-order valence-electron chi connectivity index (χ4n) is 1.27. The van der Waals surface area contributed by atoms with E-state index in [4.69, 9.17) is 5.73 Å². The fourth-order valence-corrected chi connectivity index (χ4v) is 1.27. The zero-order valence-electron chi connectivity index (χ0n) is 6.18. The lowest BCUT2D eigenvalue weighted by molar-refractivity contribution is -0.518. The zero-order chi connectivity index (χ0) is 7.40. The van der Waals surface area contributed by atoms with Crippen molar-refractivity contribution in [2.45, 2.75) is 25.7 Å². The molecule has 1 aliphatic heterocycles. The number of hydrogen-bond acceptors (Lipinski definition) is 2. The lowest BCUT2D eigenvalue weighted by Gasteiger charge is -1.95. The topological polar surface area (TPSA) is 46.1 Å². The highest BCUT2D eigenvalue weighted by Gasteiger charge is 2.32. The van der Waals surface area contributed by atoms with Crippen molar-refractivity contribution in [3.8, 4) is 0 Å². The minimum atomic E-state index is 0.692. The van der Waals surface area contributed by atoms with Gasteiger partial charge in [-0.15, -0.1) is 0 Å². The molecule has 0 amide bonds. The van der Waals surface area contributed by atoms with E-state index in [1.165, 1.54) is 0 Å². The zero-order valence-corrected chi connectivity index (χ0v) is 6.18. The summed E-state index contributed by atoms with van der Waals surface area (Å²) in [6.07, 6.45) is 3.88. The van der Waals surface area contributed by atoms with Crippen molar-refractivity contribution in [2.24, 2.45) is 5.73 Å². The highest BCUT2D eigenvalue weighted by Crippen LogP contribution is 2.22. The molecule has 0 aromatic heterocycles. The summed E-state index contributed by atoms with van der Waals surface area (Å²) in [6, 6.07) is 1.05. The highest BCUT2D eigenvalue weighted by atomic mass is 16.3. The lowest BCUT2D eigenvalue weighted by atomic mass is 10.1. The molecule has 0 aromatic rings. The van der Waals surface area contributed by atoms with Crippen LogP contribution >= 0.6 is 0 Å². The van der Waals surface area contributed by atoms with Gasteiger partial charge in [-0.05, 0) is 13.0 Å². The third-order valence-electron chi connectivity index (χ3n) is 1.85. The molecule has 0 spiro atoms. The number of nitrogens with zero attached hydrogens (tertiary/aromatic N) is 1. The quantitative estimate of drug-likeness (QED) is 0.593. The molecule has 3 heteroatoms. The van der Waals surface area contributed by atoms with Gasteiger partial charge >= 0.3 is 0 Å². The van der Waals surface area contributed by atoms with Gasteiger partial charge in [0.05, 0.1) is 0 Å². The Kier molecular flexibility index (Phi) is 2.81. The molecule has 1 saturated heterocycles. The van der Waals surface area contributed by atoms with Gasteiger partial charge in [0.25, 0.3) is 6.04 Å². The maximum Gasteiger partial charge on any atom is 0.277 e.